The fourth-order valence-electron chi connectivity index (χ4n) is 1.97. The molecule has 1 aliphatic rings. The molecule has 0 aliphatic heterocycles. The lowest BCUT2D eigenvalue weighted by Crippen LogP contribution is -2.25. The monoisotopic (exact) mass is 181 g/mol. The molecule has 1 aliphatic carbocycles. The first-order chi connectivity index (χ1) is 6.33. The molecule has 0 saturated heterocycles. The molecule has 1 rings (SSSR count). The number of hydrogen-bond acceptors (Lipinski definition) is 1. The van der Waals surface area contributed by atoms with Crippen LogP contribution in [-0.4, -0.2) is 13.1 Å². The molecule has 0 aromatic rings. The van der Waals surface area contributed by atoms with Crippen LogP contribution in [0.15, 0.2) is 12.2 Å². The molecule has 1 N–H and O–H groups in total. The second kappa shape index (κ2) is 6.20. The zero-order valence-electron chi connectivity index (χ0n) is 8.94. The Morgan fingerprint density at radius 1 is 1.31 bits per heavy atom. The zero-order valence-corrected chi connectivity index (χ0v) is 8.94. The van der Waals surface area contributed by atoms with E-state index in [1.807, 2.05) is 0 Å². The van der Waals surface area contributed by atoms with Gasteiger partial charge in [-0.1, -0.05) is 38.3 Å². The van der Waals surface area contributed by atoms with Gasteiger partial charge in [-0.15, -0.1) is 0 Å². The second-order valence-corrected chi connectivity index (χ2v) is 4.24. The van der Waals surface area contributed by atoms with Crippen molar-refractivity contribution in [2.75, 3.05) is 13.1 Å². The summed E-state index contributed by atoms with van der Waals surface area (Å²) in [5.74, 6) is 0.943. The maximum Gasteiger partial charge on any atom is 0.0161 e. The Kier molecular flexibility index (Phi) is 5.14. The smallest absolute Gasteiger partial charge is 0.0161 e. The average Bonchev–Trinajstić information content (AvgIpc) is 2.19. The van der Waals surface area contributed by atoms with Crippen LogP contribution < -0.4 is 5.32 Å². The van der Waals surface area contributed by atoms with Crippen LogP contribution in [-0.2, 0) is 0 Å². The molecular weight excluding hydrogens is 158 g/mol. The van der Waals surface area contributed by atoms with Crippen LogP contribution in [0.2, 0.25) is 0 Å². The minimum absolute atomic E-state index is 0.943. The van der Waals surface area contributed by atoms with E-state index in [0.29, 0.717) is 0 Å². The number of rotatable bonds is 5. The summed E-state index contributed by atoms with van der Waals surface area (Å²) >= 11 is 0. The summed E-state index contributed by atoms with van der Waals surface area (Å²) in [6.07, 6.45) is 8.33. The fourth-order valence-corrected chi connectivity index (χ4v) is 1.97. The van der Waals surface area contributed by atoms with Crippen LogP contribution in [0.1, 0.15) is 45.4 Å². The molecule has 0 heterocycles. The zero-order chi connectivity index (χ0) is 9.52. The lowest BCUT2D eigenvalue weighted by atomic mass is 9.89. The van der Waals surface area contributed by atoms with Gasteiger partial charge in [0.25, 0.3) is 0 Å². The molecule has 0 atom stereocenters. The highest BCUT2D eigenvalue weighted by atomic mass is 14.9. The third-order valence-electron chi connectivity index (χ3n) is 3.03. The number of nitrogens with one attached hydrogen (secondary N) is 1. The van der Waals surface area contributed by atoms with Crippen molar-refractivity contribution < 1.29 is 0 Å². The van der Waals surface area contributed by atoms with Crippen molar-refractivity contribution >= 4 is 0 Å². The van der Waals surface area contributed by atoms with Crippen LogP contribution in [0.3, 0.4) is 0 Å². The van der Waals surface area contributed by atoms with Crippen LogP contribution >= 0.6 is 0 Å². The quantitative estimate of drug-likeness (QED) is 0.643. The average molecular weight is 181 g/mol. The van der Waals surface area contributed by atoms with E-state index in [4.69, 9.17) is 0 Å². The third-order valence-corrected chi connectivity index (χ3v) is 3.03. The van der Waals surface area contributed by atoms with Gasteiger partial charge >= 0.3 is 0 Å². The minimum atomic E-state index is 0.943. The normalized spacial score (nSPS) is 18.8. The maximum absolute atomic E-state index is 3.99. The van der Waals surface area contributed by atoms with Crippen molar-refractivity contribution in [3.8, 4) is 0 Å². The number of hydrogen-bond donors (Lipinski definition) is 1. The van der Waals surface area contributed by atoms with E-state index in [2.05, 4.69) is 18.8 Å². The minimum Gasteiger partial charge on any atom is -0.313 e. The Balaban J connectivity index is 2.01. The van der Waals surface area contributed by atoms with E-state index in [1.54, 1.807) is 0 Å². The molecule has 0 radical (unpaired) electrons. The highest BCUT2D eigenvalue weighted by Crippen LogP contribution is 2.22. The van der Waals surface area contributed by atoms with Crippen molar-refractivity contribution in [1.29, 1.82) is 0 Å². The van der Waals surface area contributed by atoms with Gasteiger partial charge < -0.3 is 5.32 Å². The molecule has 0 aromatic heterocycles. The Morgan fingerprint density at radius 3 is 2.62 bits per heavy atom. The fraction of sp³-hybridized carbons (Fsp3) is 0.833. The molecule has 0 amide bonds. The first-order valence-corrected chi connectivity index (χ1v) is 5.70. The summed E-state index contributed by atoms with van der Waals surface area (Å²) in [5.41, 5.74) is 1.33. The molecule has 0 aromatic carbocycles. The predicted molar refractivity (Wildman–Crippen MR) is 58.9 cm³/mol. The van der Waals surface area contributed by atoms with Gasteiger partial charge in [-0.3, -0.25) is 0 Å². The van der Waals surface area contributed by atoms with Gasteiger partial charge in [0.15, 0.2) is 0 Å². The Hall–Kier alpha value is -0.300. The topological polar surface area (TPSA) is 12.0 Å². The van der Waals surface area contributed by atoms with E-state index in [1.165, 1.54) is 44.2 Å². The lowest BCUT2D eigenvalue weighted by molar-refractivity contribution is 0.345. The highest BCUT2D eigenvalue weighted by molar-refractivity contribution is 4.94. The van der Waals surface area contributed by atoms with Gasteiger partial charge in [-0.25, -0.2) is 0 Å². The van der Waals surface area contributed by atoms with Crippen molar-refractivity contribution in [2.24, 2.45) is 5.92 Å². The molecule has 0 unspecified atom stereocenters. The summed E-state index contributed by atoms with van der Waals surface area (Å²) in [6, 6.07) is 0. The highest BCUT2D eigenvalue weighted by Gasteiger charge is 2.12. The van der Waals surface area contributed by atoms with Gasteiger partial charge in [0, 0.05) is 6.54 Å². The third kappa shape index (κ3) is 4.47. The first kappa shape index (κ1) is 10.8. The Morgan fingerprint density at radius 2 is 2.00 bits per heavy atom. The Bertz CT molecular complexity index is 145. The van der Waals surface area contributed by atoms with E-state index in [9.17, 15) is 0 Å². The maximum atomic E-state index is 3.99. The molecule has 1 heteroatoms. The van der Waals surface area contributed by atoms with Gasteiger partial charge in [-0.05, 0) is 31.7 Å². The van der Waals surface area contributed by atoms with E-state index < -0.39 is 0 Å². The molecule has 1 fully saturated rings. The van der Waals surface area contributed by atoms with Crippen molar-refractivity contribution in [1.82, 2.24) is 5.32 Å². The van der Waals surface area contributed by atoms with Crippen LogP contribution in [0.5, 0.6) is 0 Å². The van der Waals surface area contributed by atoms with Crippen molar-refractivity contribution in [2.45, 2.75) is 45.4 Å². The van der Waals surface area contributed by atoms with Gasteiger partial charge in [-0.2, -0.15) is 0 Å². The van der Waals surface area contributed by atoms with Gasteiger partial charge in [0.1, 0.15) is 0 Å². The predicted octanol–water partition coefficient (Wildman–Crippen LogP) is 3.12. The van der Waals surface area contributed by atoms with Crippen LogP contribution in [0, 0.1) is 5.92 Å². The summed E-state index contributed by atoms with van der Waals surface area (Å²) in [5, 5.41) is 3.51. The van der Waals surface area contributed by atoms with Crippen molar-refractivity contribution in [3.63, 3.8) is 0 Å². The molecule has 13 heavy (non-hydrogen) atoms. The second-order valence-electron chi connectivity index (χ2n) is 4.24. The van der Waals surface area contributed by atoms with E-state index in [0.717, 1.165) is 18.9 Å². The van der Waals surface area contributed by atoms with Crippen LogP contribution in [0.25, 0.3) is 0 Å². The molecular formula is C12H23N. The van der Waals surface area contributed by atoms with Crippen molar-refractivity contribution in [3.05, 3.63) is 12.2 Å². The standard InChI is InChI=1S/C12H23N/c1-3-11(2)9-13-10-12-7-5-4-6-8-12/h12-13H,2-10H2,1H3. The summed E-state index contributed by atoms with van der Waals surface area (Å²) in [7, 11) is 0. The molecule has 76 valence electrons. The van der Waals surface area contributed by atoms with Crippen LogP contribution in [0.4, 0.5) is 0 Å². The van der Waals surface area contributed by atoms with E-state index in [-0.39, 0.29) is 0 Å². The van der Waals surface area contributed by atoms with Gasteiger partial charge in [0.05, 0.1) is 0 Å². The van der Waals surface area contributed by atoms with E-state index >= 15 is 0 Å². The molecule has 0 bridgehead atoms. The molecule has 0 spiro atoms. The lowest BCUT2D eigenvalue weighted by Gasteiger charge is -2.21. The summed E-state index contributed by atoms with van der Waals surface area (Å²) in [4.78, 5) is 0. The Labute approximate surface area is 82.6 Å². The van der Waals surface area contributed by atoms with Gasteiger partial charge in [0.2, 0.25) is 0 Å². The molecule has 1 saturated carbocycles. The largest absolute Gasteiger partial charge is 0.313 e. The SMILES string of the molecule is C=C(CC)CNCC1CCCCC1. The molecule has 1 nitrogen and oxygen atoms in total. The first-order valence-electron chi connectivity index (χ1n) is 5.70. The summed E-state index contributed by atoms with van der Waals surface area (Å²) in [6.45, 7) is 8.39. The summed E-state index contributed by atoms with van der Waals surface area (Å²) < 4.78 is 0.